The van der Waals surface area contributed by atoms with E-state index in [2.05, 4.69) is 20.4 Å². The molecule has 12 heteroatoms. The second-order valence-corrected chi connectivity index (χ2v) is 11.4. The lowest BCUT2D eigenvalue weighted by atomic mass is 10.2. The van der Waals surface area contributed by atoms with E-state index in [4.69, 9.17) is 0 Å². The van der Waals surface area contributed by atoms with Crippen molar-refractivity contribution in [3.63, 3.8) is 0 Å². The highest BCUT2D eigenvalue weighted by Gasteiger charge is 2.23. The second kappa shape index (κ2) is 10.0. The maximum absolute atomic E-state index is 13.2. The minimum atomic E-state index is -3.63. The normalized spacial score (nSPS) is 13.2. The van der Waals surface area contributed by atoms with Crippen LogP contribution in [0.2, 0.25) is 0 Å². The first kappa shape index (κ1) is 25.1. The van der Waals surface area contributed by atoms with Gasteiger partial charge in [-0.05, 0) is 55.0 Å². The zero-order valence-corrected chi connectivity index (χ0v) is 22.0. The van der Waals surface area contributed by atoms with Crippen LogP contribution in [0.5, 0.6) is 0 Å². The maximum atomic E-state index is 13.2. The van der Waals surface area contributed by atoms with Crippen molar-refractivity contribution < 1.29 is 13.2 Å². The van der Waals surface area contributed by atoms with Gasteiger partial charge in [0.2, 0.25) is 16.0 Å². The van der Waals surface area contributed by atoms with E-state index >= 15 is 0 Å². The molecule has 10 nitrogen and oxygen atoms in total. The minimum absolute atomic E-state index is 0.123. The van der Waals surface area contributed by atoms with Crippen molar-refractivity contribution in [3.8, 4) is 16.5 Å². The van der Waals surface area contributed by atoms with Gasteiger partial charge in [0.25, 0.3) is 11.5 Å². The smallest absolute Gasteiger partial charge is 0.256 e. The van der Waals surface area contributed by atoms with Gasteiger partial charge in [0.05, 0.1) is 15.5 Å². The van der Waals surface area contributed by atoms with Crippen molar-refractivity contribution >= 4 is 33.1 Å². The predicted molar refractivity (Wildman–Crippen MR) is 142 cm³/mol. The van der Waals surface area contributed by atoms with Crippen LogP contribution in [0.15, 0.2) is 57.5 Å². The number of aromatic amines is 1. The molecule has 0 saturated heterocycles. The summed E-state index contributed by atoms with van der Waals surface area (Å²) in [6, 6.07) is 11.3. The number of carbonyl (C=O) groups excluding carboxylic acids is 1. The number of nitrogens with one attached hydrogen (secondary N) is 2. The molecule has 0 atom stereocenters. The minimum Gasteiger partial charge on any atom is -0.306 e. The van der Waals surface area contributed by atoms with Gasteiger partial charge in [-0.25, -0.2) is 13.4 Å². The summed E-state index contributed by atoms with van der Waals surface area (Å²) in [7, 11) is -3.63. The monoisotopic (exact) mass is 538 g/mol. The van der Waals surface area contributed by atoms with Crippen LogP contribution in [-0.4, -0.2) is 51.5 Å². The Bertz CT molecular complexity index is 1600. The largest absolute Gasteiger partial charge is 0.306 e. The molecule has 1 aliphatic carbocycles. The lowest BCUT2D eigenvalue weighted by molar-refractivity contribution is 0.102. The first-order valence-corrected chi connectivity index (χ1v) is 14.3. The maximum Gasteiger partial charge on any atom is 0.256 e. The van der Waals surface area contributed by atoms with Crippen molar-refractivity contribution in [1.82, 2.24) is 24.1 Å². The molecule has 192 valence electrons. The van der Waals surface area contributed by atoms with Gasteiger partial charge in [0.15, 0.2) is 0 Å². The van der Waals surface area contributed by atoms with E-state index in [9.17, 15) is 18.0 Å². The van der Waals surface area contributed by atoms with Crippen molar-refractivity contribution in [3.05, 3.63) is 75.0 Å². The molecule has 0 bridgehead atoms. The van der Waals surface area contributed by atoms with Crippen LogP contribution >= 0.6 is 11.3 Å². The van der Waals surface area contributed by atoms with Crippen LogP contribution in [-0.2, 0) is 22.9 Å². The molecular weight excluding hydrogens is 512 g/mol. The molecule has 0 radical (unpaired) electrons. The molecule has 2 N–H and O–H groups in total. The zero-order valence-electron chi connectivity index (χ0n) is 20.4. The number of sulfonamides is 1. The number of anilines is 1. The highest BCUT2D eigenvalue weighted by Crippen LogP contribution is 2.28. The molecule has 0 fully saturated rings. The number of fused-ring (bicyclic) bond motifs is 1. The predicted octanol–water partition coefficient (Wildman–Crippen LogP) is 3.46. The summed E-state index contributed by atoms with van der Waals surface area (Å²) in [6.07, 6.45) is 2.29. The van der Waals surface area contributed by atoms with Crippen LogP contribution < -0.4 is 10.9 Å². The number of aromatic nitrogens is 4. The van der Waals surface area contributed by atoms with Crippen LogP contribution in [0.3, 0.4) is 0 Å². The Labute approximate surface area is 218 Å². The molecule has 0 unspecified atom stereocenters. The second-order valence-electron chi connectivity index (χ2n) is 8.54. The number of amides is 1. The Morgan fingerprint density at radius 3 is 2.59 bits per heavy atom. The topological polar surface area (TPSA) is 130 Å². The van der Waals surface area contributed by atoms with Crippen molar-refractivity contribution in [2.75, 3.05) is 18.4 Å². The Balaban J connectivity index is 1.48. The Kier molecular flexibility index (Phi) is 6.80. The summed E-state index contributed by atoms with van der Waals surface area (Å²) in [6.45, 7) is 4.27. The quantitative estimate of drug-likeness (QED) is 0.353. The fourth-order valence-electron chi connectivity index (χ4n) is 4.38. The molecule has 37 heavy (non-hydrogen) atoms. The number of carbonyl (C=O) groups is 1. The standard InChI is InChI=1S/C25H26N6O4S2/c1-3-30(4-2)37(34,35)17-12-10-16(11-13-17)23(32)27-22-15-20(21-9-6-14-36-21)29-31(22)25-26-19-8-5-7-18(19)24(33)28-25/h6,9-15H,3-5,7-8H2,1-2H3,(H,27,32)(H,26,28,33). The van der Waals surface area contributed by atoms with E-state index in [1.165, 1.54) is 44.6 Å². The third-order valence-corrected chi connectivity index (χ3v) is 9.27. The van der Waals surface area contributed by atoms with Gasteiger partial charge in [-0.1, -0.05) is 19.9 Å². The number of thiophene rings is 1. The SMILES string of the molecule is CCN(CC)S(=O)(=O)c1ccc(C(=O)Nc2cc(-c3cccs3)nn2-c2nc3c(c(=O)[nH]2)CCC3)cc1. The lowest BCUT2D eigenvalue weighted by Gasteiger charge is -2.18. The molecule has 1 aromatic carbocycles. The number of hydrogen-bond donors (Lipinski definition) is 2. The molecule has 0 aliphatic heterocycles. The molecule has 1 aliphatic rings. The van der Waals surface area contributed by atoms with Crippen molar-refractivity contribution in [2.24, 2.45) is 0 Å². The fourth-order valence-corrected chi connectivity index (χ4v) is 6.52. The van der Waals surface area contributed by atoms with Gasteiger partial charge in [-0.15, -0.1) is 11.3 Å². The van der Waals surface area contributed by atoms with E-state index in [-0.39, 0.29) is 22.0 Å². The lowest BCUT2D eigenvalue weighted by Crippen LogP contribution is -2.30. The zero-order chi connectivity index (χ0) is 26.2. The molecule has 1 amide bonds. The molecule has 3 aromatic heterocycles. The summed E-state index contributed by atoms with van der Waals surface area (Å²) in [5.41, 5.74) is 2.13. The van der Waals surface area contributed by atoms with Gasteiger partial charge in [-0.3, -0.25) is 14.6 Å². The average molecular weight is 539 g/mol. The number of aryl methyl sites for hydroxylation is 1. The molecule has 4 aromatic rings. The van der Waals surface area contributed by atoms with E-state index in [1.807, 2.05) is 17.5 Å². The number of rotatable bonds is 8. The Hall–Kier alpha value is -3.61. The fraction of sp³-hybridized carbons (Fsp3) is 0.280. The Morgan fingerprint density at radius 2 is 1.92 bits per heavy atom. The third kappa shape index (κ3) is 4.75. The van der Waals surface area contributed by atoms with Gasteiger partial charge < -0.3 is 5.32 Å². The summed E-state index contributed by atoms with van der Waals surface area (Å²) in [4.78, 5) is 34.2. The highest BCUT2D eigenvalue weighted by atomic mass is 32.2. The number of hydrogen-bond acceptors (Lipinski definition) is 7. The van der Waals surface area contributed by atoms with Gasteiger partial charge >= 0.3 is 0 Å². The van der Waals surface area contributed by atoms with E-state index in [1.54, 1.807) is 19.9 Å². The van der Waals surface area contributed by atoms with Gasteiger partial charge in [0.1, 0.15) is 11.5 Å². The summed E-state index contributed by atoms with van der Waals surface area (Å²) in [5.74, 6) is 0.105. The molecule has 3 heterocycles. The van der Waals surface area contributed by atoms with Crippen LogP contribution in [0.4, 0.5) is 5.82 Å². The summed E-state index contributed by atoms with van der Waals surface area (Å²) < 4.78 is 28.3. The summed E-state index contributed by atoms with van der Waals surface area (Å²) in [5, 5.41) is 9.38. The van der Waals surface area contributed by atoms with E-state index in [0.29, 0.717) is 36.6 Å². The first-order valence-electron chi connectivity index (χ1n) is 12.0. The number of nitrogens with zero attached hydrogens (tertiary/aromatic N) is 4. The average Bonchev–Trinajstić information content (AvgIpc) is 3.65. The highest BCUT2D eigenvalue weighted by molar-refractivity contribution is 7.89. The van der Waals surface area contributed by atoms with Crippen molar-refractivity contribution in [1.29, 1.82) is 0 Å². The van der Waals surface area contributed by atoms with Crippen LogP contribution in [0.1, 0.15) is 41.9 Å². The van der Waals surface area contributed by atoms with Crippen LogP contribution in [0.25, 0.3) is 16.5 Å². The third-order valence-electron chi connectivity index (χ3n) is 6.31. The van der Waals surface area contributed by atoms with E-state index in [0.717, 1.165) is 23.4 Å². The molecular formula is C25H26N6O4S2. The van der Waals surface area contributed by atoms with Crippen LogP contribution in [0, 0.1) is 0 Å². The van der Waals surface area contributed by atoms with Gasteiger partial charge in [0, 0.05) is 30.3 Å². The molecule has 0 saturated carbocycles. The van der Waals surface area contributed by atoms with Crippen molar-refractivity contribution in [2.45, 2.75) is 38.0 Å². The van der Waals surface area contributed by atoms with Gasteiger partial charge in [-0.2, -0.15) is 14.1 Å². The number of benzene rings is 1. The van der Waals surface area contributed by atoms with E-state index < -0.39 is 15.9 Å². The molecule has 0 spiro atoms. The first-order chi connectivity index (χ1) is 17.8. The summed E-state index contributed by atoms with van der Waals surface area (Å²) >= 11 is 1.50. The molecule has 5 rings (SSSR count). The number of H-pyrrole nitrogens is 1. The Morgan fingerprint density at radius 1 is 1.16 bits per heavy atom.